The van der Waals surface area contributed by atoms with E-state index in [1.54, 1.807) is 16.4 Å². The van der Waals surface area contributed by atoms with Crippen molar-refractivity contribution in [3.8, 4) is 0 Å². The molecule has 6 heteroatoms. The number of nitrogens with zero attached hydrogens (tertiary/aromatic N) is 3. The van der Waals surface area contributed by atoms with Gasteiger partial charge >= 0.3 is 0 Å². The Bertz CT molecular complexity index is 815. The molecule has 0 radical (unpaired) electrons. The van der Waals surface area contributed by atoms with E-state index < -0.39 is 0 Å². The molecule has 3 rings (SSSR count). The maximum atomic E-state index is 13.0. The fourth-order valence-electron chi connectivity index (χ4n) is 3.56. The number of amides is 1. The largest absolute Gasteiger partial charge is 0.337 e. The number of likely N-dealkylation sites (tertiary alicyclic amines) is 1. The first-order valence-corrected chi connectivity index (χ1v) is 10.3. The van der Waals surface area contributed by atoms with Gasteiger partial charge in [0, 0.05) is 36.0 Å². The van der Waals surface area contributed by atoms with Crippen LogP contribution in [-0.4, -0.2) is 45.7 Å². The Labute approximate surface area is 158 Å². The second kappa shape index (κ2) is 8.08. The van der Waals surface area contributed by atoms with E-state index in [0.717, 1.165) is 29.0 Å². The number of ketones is 1. The van der Waals surface area contributed by atoms with Crippen LogP contribution in [0.4, 0.5) is 0 Å². The highest BCUT2D eigenvalue weighted by Crippen LogP contribution is 2.27. The summed E-state index contributed by atoms with van der Waals surface area (Å²) in [6, 6.07) is 9.56. The van der Waals surface area contributed by atoms with Crippen LogP contribution in [0.15, 0.2) is 35.2 Å². The highest BCUT2D eigenvalue weighted by atomic mass is 32.2. The summed E-state index contributed by atoms with van der Waals surface area (Å²) >= 11 is 1.59. The summed E-state index contributed by atoms with van der Waals surface area (Å²) in [5.74, 6) is -0.0178. The zero-order valence-electron chi connectivity index (χ0n) is 15.6. The van der Waals surface area contributed by atoms with Gasteiger partial charge in [-0.05, 0) is 45.1 Å². The monoisotopic (exact) mass is 371 g/mol. The highest BCUT2D eigenvalue weighted by Gasteiger charge is 2.31. The van der Waals surface area contributed by atoms with Gasteiger partial charge < -0.3 is 4.90 Å². The van der Waals surface area contributed by atoms with Crippen molar-refractivity contribution >= 4 is 23.5 Å². The van der Waals surface area contributed by atoms with Crippen LogP contribution < -0.4 is 0 Å². The van der Waals surface area contributed by atoms with Gasteiger partial charge in [-0.25, -0.2) is 0 Å². The summed E-state index contributed by atoms with van der Waals surface area (Å²) < 4.78 is 1.74. The molecule has 1 amide bonds. The first-order valence-electron chi connectivity index (χ1n) is 9.06. The van der Waals surface area contributed by atoms with E-state index in [2.05, 4.69) is 5.10 Å². The van der Waals surface area contributed by atoms with E-state index in [4.69, 9.17) is 0 Å². The highest BCUT2D eigenvalue weighted by molar-refractivity contribution is 7.98. The van der Waals surface area contributed by atoms with Crippen molar-refractivity contribution in [2.75, 3.05) is 19.3 Å². The fraction of sp³-hybridized carbons (Fsp3) is 0.450. The lowest BCUT2D eigenvalue weighted by molar-refractivity contribution is 0.0626. The van der Waals surface area contributed by atoms with Gasteiger partial charge in [0.05, 0.1) is 5.69 Å². The summed E-state index contributed by atoms with van der Waals surface area (Å²) in [6.45, 7) is 5.71. The van der Waals surface area contributed by atoms with Crippen LogP contribution in [0.25, 0.3) is 0 Å². The van der Waals surface area contributed by atoms with Crippen molar-refractivity contribution in [1.29, 1.82) is 0 Å². The molecule has 26 heavy (non-hydrogen) atoms. The van der Waals surface area contributed by atoms with Crippen LogP contribution in [0.3, 0.4) is 0 Å². The van der Waals surface area contributed by atoms with Gasteiger partial charge in [-0.2, -0.15) is 5.10 Å². The number of thioether (sulfide) groups is 1. The minimum absolute atomic E-state index is 0.0249. The van der Waals surface area contributed by atoms with Crippen LogP contribution in [0, 0.1) is 12.8 Å². The molecule has 1 aromatic carbocycles. The molecule has 1 aromatic heterocycles. The van der Waals surface area contributed by atoms with Crippen molar-refractivity contribution in [1.82, 2.24) is 14.7 Å². The smallest absolute Gasteiger partial charge is 0.272 e. The summed E-state index contributed by atoms with van der Waals surface area (Å²) in [6.07, 6.45) is 3.66. The molecular formula is C20H25N3O2S. The van der Waals surface area contributed by atoms with Gasteiger partial charge in [0.15, 0.2) is 5.78 Å². The van der Waals surface area contributed by atoms with E-state index >= 15 is 0 Å². The minimum Gasteiger partial charge on any atom is -0.337 e. The molecule has 1 aliphatic heterocycles. The molecule has 0 bridgehead atoms. The molecule has 1 unspecified atom stereocenters. The molecule has 1 saturated heterocycles. The maximum Gasteiger partial charge on any atom is 0.272 e. The van der Waals surface area contributed by atoms with Gasteiger partial charge in [-0.15, -0.1) is 11.8 Å². The number of carbonyl (C=O) groups excluding carboxylic acids is 2. The van der Waals surface area contributed by atoms with Gasteiger partial charge in [-0.1, -0.05) is 18.2 Å². The third-order valence-electron chi connectivity index (χ3n) is 4.87. The number of aryl methyl sites for hydroxylation is 2. The Morgan fingerprint density at radius 3 is 2.81 bits per heavy atom. The molecule has 0 spiro atoms. The first kappa shape index (κ1) is 18.7. The van der Waals surface area contributed by atoms with Crippen molar-refractivity contribution < 1.29 is 9.59 Å². The predicted molar refractivity (Wildman–Crippen MR) is 104 cm³/mol. The topological polar surface area (TPSA) is 55.2 Å². The normalized spacial score (nSPS) is 17.3. The molecule has 2 heterocycles. The zero-order valence-corrected chi connectivity index (χ0v) is 16.4. The summed E-state index contributed by atoms with van der Waals surface area (Å²) in [7, 11) is 0. The average molecular weight is 372 g/mol. The van der Waals surface area contributed by atoms with Crippen LogP contribution in [0.1, 0.15) is 46.3 Å². The summed E-state index contributed by atoms with van der Waals surface area (Å²) in [4.78, 5) is 28.8. The van der Waals surface area contributed by atoms with E-state index in [9.17, 15) is 9.59 Å². The molecular weight excluding hydrogens is 346 g/mol. The number of piperidine rings is 1. The van der Waals surface area contributed by atoms with E-state index in [1.807, 2.05) is 55.3 Å². The third kappa shape index (κ3) is 3.70. The number of aromatic nitrogens is 2. The van der Waals surface area contributed by atoms with Crippen LogP contribution >= 0.6 is 11.8 Å². The third-order valence-corrected chi connectivity index (χ3v) is 5.67. The molecule has 1 atom stereocenters. The number of carbonyl (C=O) groups is 2. The van der Waals surface area contributed by atoms with Crippen LogP contribution in [0.5, 0.6) is 0 Å². The van der Waals surface area contributed by atoms with Gasteiger partial charge in [0.2, 0.25) is 0 Å². The van der Waals surface area contributed by atoms with Gasteiger partial charge in [-0.3, -0.25) is 14.3 Å². The van der Waals surface area contributed by atoms with Crippen molar-refractivity contribution in [2.24, 2.45) is 5.92 Å². The number of rotatable bonds is 5. The van der Waals surface area contributed by atoms with Crippen molar-refractivity contribution in [3.63, 3.8) is 0 Å². The van der Waals surface area contributed by atoms with Crippen molar-refractivity contribution in [2.45, 2.75) is 38.1 Å². The molecule has 1 fully saturated rings. The summed E-state index contributed by atoms with van der Waals surface area (Å²) in [5.41, 5.74) is 2.23. The number of hydrogen-bond donors (Lipinski definition) is 0. The lowest BCUT2D eigenvalue weighted by atomic mass is 9.90. The SMILES string of the molecule is CCn1nc(C)cc1C(=O)N1CCCC(C(=O)c2ccccc2SC)C1. The lowest BCUT2D eigenvalue weighted by Gasteiger charge is -2.32. The molecule has 2 aromatic rings. The second-order valence-electron chi connectivity index (χ2n) is 6.64. The fourth-order valence-corrected chi connectivity index (χ4v) is 4.17. The average Bonchev–Trinajstić information content (AvgIpc) is 3.07. The van der Waals surface area contributed by atoms with Gasteiger partial charge in [0.25, 0.3) is 5.91 Å². The minimum atomic E-state index is -0.139. The Morgan fingerprint density at radius 2 is 2.08 bits per heavy atom. The predicted octanol–water partition coefficient (Wildman–Crippen LogP) is 3.67. The van der Waals surface area contributed by atoms with Crippen LogP contribution in [-0.2, 0) is 6.54 Å². The van der Waals surface area contributed by atoms with E-state index in [0.29, 0.717) is 25.3 Å². The molecule has 0 aliphatic carbocycles. The quantitative estimate of drug-likeness (QED) is 0.594. The van der Waals surface area contributed by atoms with Crippen LogP contribution in [0.2, 0.25) is 0 Å². The molecule has 1 aliphatic rings. The van der Waals surface area contributed by atoms with Crippen molar-refractivity contribution in [3.05, 3.63) is 47.3 Å². The van der Waals surface area contributed by atoms with E-state index in [-0.39, 0.29) is 17.6 Å². The summed E-state index contributed by atoms with van der Waals surface area (Å²) in [5, 5.41) is 4.37. The number of hydrogen-bond acceptors (Lipinski definition) is 4. The molecule has 0 N–H and O–H groups in total. The Morgan fingerprint density at radius 1 is 1.31 bits per heavy atom. The molecule has 5 nitrogen and oxygen atoms in total. The second-order valence-corrected chi connectivity index (χ2v) is 7.49. The lowest BCUT2D eigenvalue weighted by Crippen LogP contribution is -2.43. The zero-order chi connectivity index (χ0) is 18.7. The molecule has 0 saturated carbocycles. The Kier molecular flexibility index (Phi) is 5.81. The number of benzene rings is 1. The Hall–Kier alpha value is -2.08. The number of Topliss-reactive ketones (excluding diaryl/α,β-unsaturated/α-hetero) is 1. The Balaban J connectivity index is 1.78. The first-order chi connectivity index (χ1) is 12.5. The standard InChI is InChI=1S/C20H25N3O2S/c1-4-23-17(12-14(2)21-23)20(25)22-11-7-8-15(13-22)19(24)16-9-5-6-10-18(16)26-3/h5-6,9-10,12,15H,4,7-8,11,13H2,1-3H3. The van der Waals surface area contributed by atoms with Gasteiger partial charge in [0.1, 0.15) is 5.69 Å². The van der Waals surface area contributed by atoms with E-state index in [1.165, 1.54) is 0 Å². The maximum absolute atomic E-state index is 13.0. The molecule has 138 valence electrons.